The Morgan fingerprint density at radius 3 is 2.20 bits per heavy atom. The van der Waals surface area contributed by atoms with Crippen molar-refractivity contribution in [1.82, 2.24) is 4.90 Å². The van der Waals surface area contributed by atoms with Gasteiger partial charge in [-0.1, -0.05) is 79.6 Å². The summed E-state index contributed by atoms with van der Waals surface area (Å²) in [4.78, 5) is 14.1. The SMILES string of the molecule is Br.CCCCN(CCc1ccc(C)cc1)CCc1ccc(OCc2ccccc2)c(NC(N)=O)c1. The minimum absolute atomic E-state index is 0. The Morgan fingerprint density at radius 1 is 0.886 bits per heavy atom. The van der Waals surface area contributed by atoms with Crippen LogP contribution in [0.2, 0.25) is 0 Å². The molecule has 0 radical (unpaired) electrons. The van der Waals surface area contributed by atoms with Crippen molar-refractivity contribution in [3.63, 3.8) is 0 Å². The van der Waals surface area contributed by atoms with Gasteiger partial charge < -0.3 is 20.7 Å². The molecule has 3 N–H and O–H groups in total. The van der Waals surface area contributed by atoms with Crippen LogP contribution >= 0.6 is 17.0 Å². The Balaban J connectivity index is 0.00000432. The van der Waals surface area contributed by atoms with Gasteiger partial charge in [-0.25, -0.2) is 4.79 Å². The van der Waals surface area contributed by atoms with Crippen LogP contribution < -0.4 is 15.8 Å². The van der Waals surface area contributed by atoms with Gasteiger partial charge in [-0.2, -0.15) is 0 Å². The number of nitrogens with one attached hydrogen (secondary N) is 1. The highest BCUT2D eigenvalue weighted by Crippen LogP contribution is 2.27. The summed E-state index contributed by atoms with van der Waals surface area (Å²) < 4.78 is 5.97. The Morgan fingerprint density at radius 2 is 1.54 bits per heavy atom. The smallest absolute Gasteiger partial charge is 0.316 e. The van der Waals surface area contributed by atoms with E-state index < -0.39 is 6.03 Å². The molecule has 3 aromatic carbocycles. The second kappa shape index (κ2) is 15.2. The molecule has 3 aromatic rings. The molecule has 0 bridgehead atoms. The van der Waals surface area contributed by atoms with Gasteiger partial charge in [0.05, 0.1) is 5.69 Å². The van der Waals surface area contributed by atoms with Gasteiger partial charge in [0, 0.05) is 13.1 Å². The van der Waals surface area contributed by atoms with Crippen molar-refractivity contribution in [2.75, 3.05) is 25.0 Å². The number of hydrogen-bond acceptors (Lipinski definition) is 3. The molecule has 0 aliphatic carbocycles. The summed E-state index contributed by atoms with van der Waals surface area (Å²) in [7, 11) is 0. The zero-order valence-corrected chi connectivity index (χ0v) is 22.5. The van der Waals surface area contributed by atoms with E-state index in [-0.39, 0.29) is 17.0 Å². The molecule has 0 spiro atoms. The van der Waals surface area contributed by atoms with E-state index in [0.29, 0.717) is 18.0 Å². The largest absolute Gasteiger partial charge is 0.487 e. The average Bonchev–Trinajstić information content (AvgIpc) is 2.84. The number of benzene rings is 3. The van der Waals surface area contributed by atoms with Crippen molar-refractivity contribution in [3.8, 4) is 5.75 Å². The number of nitrogens with two attached hydrogens (primary N) is 1. The van der Waals surface area contributed by atoms with Crippen LogP contribution in [0.15, 0.2) is 72.8 Å². The number of primary amides is 1. The number of amides is 2. The quantitative estimate of drug-likeness (QED) is 0.259. The van der Waals surface area contributed by atoms with Gasteiger partial charge in [-0.3, -0.25) is 0 Å². The Bertz CT molecular complexity index is 1030. The first-order valence-corrected chi connectivity index (χ1v) is 12.2. The first kappa shape index (κ1) is 28.4. The first-order chi connectivity index (χ1) is 16.5. The van der Waals surface area contributed by atoms with Gasteiger partial charge in [0.15, 0.2) is 0 Å². The molecule has 0 aromatic heterocycles. The van der Waals surface area contributed by atoms with Gasteiger partial charge in [0.25, 0.3) is 0 Å². The highest BCUT2D eigenvalue weighted by Gasteiger charge is 2.10. The number of halogens is 1. The lowest BCUT2D eigenvalue weighted by Crippen LogP contribution is -2.29. The van der Waals surface area contributed by atoms with E-state index in [4.69, 9.17) is 10.5 Å². The van der Waals surface area contributed by atoms with Crippen molar-refractivity contribution in [2.24, 2.45) is 5.73 Å². The molecule has 0 saturated heterocycles. The van der Waals surface area contributed by atoms with Crippen molar-refractivity contribution in [3.05, 3.63) is 95.1 Å². The van der Waals surface area contributed by atoms with Gasteiger partial charge in [-0.15, -0.1) is 17.0 Å². The zero-order valence-electron chi connectivity index (χ0n) is 20.8. The Hall–Kier alpha value is -2.83. The monoisotopic (exact) mass is 539 g/mol. The molecule has 0 fully saturated rings. The van der Waals surface area contributed by atoms with Crippen molar-refractivity contribution < 1.29 is 9.53 Å². The van der Waals surface area contributed by atoms with Crippen LogP contribution in [0.4, 0.5) is 10.5 Å². The maximum Gasteiger partial charge on any atom is 0.316 e. The van der Waals surface area contributed by atoms with E-state index in [0.717, 1.165) is 43.6 Å². The summed E-state index contributed by atoms with van der Waals surface area (Å²) >= 11 is 0. The number of aryl methyl sites for hydroxylation is 1. The molecule has 0 unspecified atom stereocenters. The van der Waals surface area contributed by atoms with Crippen LogP contribution in [-0.4, -0.2) is 30.6 Å². The van der Waals surface area contributed by atoms with Crippen LogP contribution in [0, 0.1) is 6.92 Å². The van der Waals surface area contributed by atoms with E-state index >= 15 is 0 Å². The minimum Gasteiger partial charge on any atom is -0.487 e. The lowest BCUT2D eigenvalue weighted by Gasteiger charge is -2.22. The molecule has 0 aliphatic rings. The highest BCUT2D eigenvalue weighted by molar-refractivity contribution is 8.93. The van der Waals surface area contributed by atoms with Gasteiger partial charge in [0.2, 0.25) is 0 Å². The Labute approximate surface area is 220 Å². The molecule has 0 aliphatic heterocycles. The van der Waals surface area contributed by atoms with Gasteiger partial charge >= 0.3 is 6.03 Å². The summed E-state index contributed by atoms with van der Waals surface area (Å²) in [6, 6.07) is 24.1. The first-order valence-electron chi connectivity index (χ1n) is 12.2. The van der Waals surface area contributed by atoms with Crippen molar-refractivity contribution >= 4 is 28.7 Å². The zero-order chi connectivity index (χ0) is 24.2. The molecular weight excluding hydrogens is 502 g/mol. The molecule has 5 nitrogen and oxygen atoms in total. The minimum atomic E-state index is -0.593. The summed E-state index contributed by atoms with van der Waals surface area (Å²) in [6.07, 6.45) is 4.31. The number of anilines is 1. The molecule has 0 atom stereocenters. The molecule has 0 heterocycles. The molecule has 35 heavy (non-hydrogen) atoms. The third-order valence-corrected chi connectivity index (χ3v) is 5.92. The molecule has 6 heteroatoms. The van der Waals surface area contributed by atoms with Crippen LogP contribution in [0.5, 0.6) is 5.75 Å². The average molecular weight is 541 g/mol. The van der Waals surface area contributed by atoms with E-state index in [9.17, 15) is 4.79 Å². The number of hydrogen-bond donors (Lipinski definition) is 2. The highest BCUT2D eigenvalue weighted by atomic mass is 79.9. The number of urea groups is 1. The van der Waals surface area contributed by atoms with Crippen LogP contribution in [0.25, 0.3) is 0 Å². The number of rotatable bonds is 13. The van der Waals surface area contributed by atoms with E-state index in [2.05, 4.69) is 54.4 Å². The maximum atomic E-state index is 11.6. The Kier molecular flexibility index (Phi) is 12.4. The summed E-state index contributed by atoms with van der Waals surface area (Å²) in [6.45, 7) is 7.87. The molecule has 188 valence electrons. The molecule has 3 rings (SSSR count). The van der Waals surface area contributed by atoms with Crippen LogP contribution in [-0.2, 0) is 19.4 Å². The van der Waals surface area contributed by atoms with Gasteiger partial charge in [0.1, 0.15) is 12.4 Å². The van der Waals surface area contributed by atoms with Crippen LogP contribution in [0.3, 0.4) is 0 Å². The number of carbonyl (C=O) groups excluding carboxylic acids is 1. The molecule has 0 saturated carbocycles. The standard InChI is InChI=1S/C29H37N3O2.BrH/c1-3-4-18-32(19-16-24-12-10-23(2)11-13-24)20-17-25-14-15-28(27(21-25)31-29(30)33)34-22-26-8-6-5-7-9-26;/h5-15,21H,3-4,16-20,22H2,1-2H3,(H3,30,31,33);1H. The number of unbranched alkanes of at least 4 members (excludes halogenated alkanes) is 1. The number of ether oxygens (including phenoxy) is 1. The lowest BCUT2D eigenvalue weighted by atomic mass is 10.1. The lowest BCUT2D eigenvalue weighted by molar-refractivity contribution is 0.259. The third kappa shape index (κ3) is 10.1. The molecule has 2 amide bonds. The number of nitrogens with zero attached hydrogens (tertiary/aromatic N) is 1. The fourth-order valence-electron chi connectivity index (χ4n) is 3.87. The summed E-state index contributed by atoms with van der Waals surface area (Å²) in [5, 5.41) is 2.72. The topological polar surface area (TPSA) is 67.6 Å². The van der Waals surface area contributed by atoms with E-state index in [1.54, 1.807) is 0 Å². The maximum absolute atomic E-state index is 11.6. The third-order valence-electron chi connectivity index (χ3n) is 5.92. The predicted molar refractivity (Wildman–Crippen MR) is 151 cm³/mol. The van der Waals surface area contributed by atoms with E-state index in [1.807, 2.05) is 42.5 Å². The van der Waals surface area contributed by atoms with E-state index in [1.165, 1.54) is 24.0 Å². The summed E-state index contributed by atoms with van der Waals surface area (Å²) in [5.74, 6) is 0.619. The fourth-order valence-corrected chi connectivity index (χ4v) is 3.87. The fraction of sp³-hybridized carbons (Fsp3) is 0.345. The second-order valence-electron chi connectivity index (χ2n) is 8.77. The molecular formula is C29H38BrN3O2. The second-order valence-corrected chi connectivity index (χ2v) is 8.77. The predicted octanol–water partition coefficient (Wildman–Crippen LogP) is 6.53. The van der Waals surface area contributed by atoms with Crippen molar-refractivity contribution in [2.45, 2.75) is 46.1 Å². The van der Waals surface area contributed by atoms with Gasteiger partial charge in [-0.05, 0) is 61.6 Å². The summed E-state index contributed by atoms with van der Waals surface area (Å²) in [5.41, 5.74) is 10.9. The van der Waals surface area contributed by atoms with Crippen LogP contribution in [0.1, 0.15) is 42.0 Å². The number of carbonyl (C=O) groups is 1. The van der Waals surface area contributed by atoms with Crippen molar-refractivity contribution in [1.29, 1.82) is 0 Å². The normalized spacial score (nSPS) is 10.6.